The minimum atomic E-state index is 0.813. The van der Waals surface area contributed by atoms with E-state index in [0.29, 0.717) is 0 Å². The van der Waals surface area contributed by atoms with E-state index in [4.69, 9.17) is 4.98 Å². The third-order valence-electron chi connectivity index (χ3n) is 4.11. The normalized spacial score (nSPS) is 11.5. The molecule has 0 radical (unpaired) electrons. The SMILES string of the molecule is CNc1nc2cc(-c3cccc(CCBr)c3)sc2n2c(C)cnc12. The molecule has 0 aliphatic carbocycles. The van der Waals surface area contributed by atoms with Crippen LogP contribution in [-0.4, -0.2) is 26.7 Å². The summed E-state index contributed by atoms with van der Waals surface area (Å²) in [5, 5.41) is 4.13. The van der Waals surface area contributed by atoms with Crippen molar-refractivity contribution < 1.29 is 0 Å². The fourth-order valence-electron chi connectivity index (χ4n) is 2.94. The van der Waals surface area contributed by atoms with Gasteiger partial charge >= 0.3 is 0 Å². The molecule has 1 N–H and O–H groups in total. The fraction of sp³-hybridized carbons (Fsp3) is 0.222. The van der Waals surface area contributed by atoms with Crippen molar-refractivity contribution in [3.05, 3.63) is 47.8 Å². The molecule has 6 heteroatoms. The maximum atomic E-state index is 4.75. The lowest BCUT2D eigenvalue weighted by Crippen LogP contribution is -1.98. The maximum absolute atomic E-state index is 4.75. The quantitative estimate of drug-likeness (QED) is 0.495. The topological polar surface area (TPSA) is 42.2 Å². The number of hydrogen-bond donors (Lipinski definition) is 1. The molecule has 0 atom stereocenters. The number of alkyl halides is 1. The molecule has 3 heterocycles. The van der Waals surface area contributed by atoms with Gasteiger partial charge in [-0.05, 0) is 30.5 Å². The number of aryl methyl sites for hydroxylation is 2. The lowest BCUT2D eigenvalue weighted by atomic mass is 10.1. The molecule has 0 aliphatic rings. The van der Waals surface area contributed by atoms with Crippen molar-refractivity contribution in [1.82, 2.24) is 14.4 Å². The predicted molar refractivity (Wildman–Crippen MR) is 106 cm³/mol. The molecule has 0 aliphatic heterocycles. The molecule has 0 spiro atoms. The number of nitrogens with zero attached hydrogens (tertiary/aromatic N) is 3. The van der Waals surface area contributed by atoms with Crippen molar-refractivity contribution in [2.24, 2.45) is 0 Å². The highest BCUT2D eigenvalue weighted by molar-refractivity contribution is 9.09. The van der Waals surface area contributed by atoms with Crippen molar-refractivity contribution in [3.8, 4) is 10.4 Å². The van der Waals surface area contributed by atoms with Crippen molar-refractivity contribution in [2.45, 2.75) is 13.3 Å². The molecule has 0 saturated carbocycles. The third-order valence-corrected chi connectivity index (χ3v) is 5.67. The summed E-state index contributed by atoms with van der Waals surface area (Å²) in [7, 11) is 1.88. The number of benzene rings is 1. The van der Waals surface area contributed by atoms with Crippen molar-refractivity contribution in [3.63, 3.8) is 0 Å². The maximum Gasteiger partial charge on any atom is 0.181 e. The zero-order valence-corrected chi connectivity index (χ0v) is 15.9. The Bertz CT molecular complexity index is 1030. The number of thiophene rings is 1. The summed E-state index contributed by atoms with van der Waals surface area (Å²) >= 11 is 5.28. The molecule has 0 unspecified atom stereocenters. The molecule has 4 rings (SSSR count). The van der Waals surface area contributed by atoms with E-state index in [2.05, 4.69) is 67.9 Å². The second-order valence-corrected chi connectivity index (χ2v) is 7.53. The van der Waals surface area contributed by atoms with E-state index >= 15 is 0 Å². The Balaban J connectivity index is 1.94. The molecule has 4 aromatic rings. The van der Waals surface area contributed by atoms with Crippen LogP contribution in [0, 0.1) is 6.92 Å². The number of anilines is 1. The van der Waals surface area contributed by atoms with E-state index in [0.717, 1.165) is 39.3 Å². The summed E-state index contributed by atoms with van der Waals surface area (Å²) in [5.41, 5.74) is 5.58. The average molecular weight is 401 g/mol. The smallest absolute Gasteiger partial charge is 0.181 e. The van der Waals surface area contributed by atoms with Crippen LogP contribution in [0.25, 0.3) is 26.4 Å². The Hall–Kier alpha value is -1.92. The predicted octanol–water partition coefficient (Wildman–Crippen LogP) is 4.90. The second kappa shape index (κ2) is 6.18. The van der Waals surface area contributed by atoms with Gasteiger partial charge < -0.3 is 5.32 Å². The number of halogens is 1. The summed E-state index contributed by atoms with van der Waals surface area (Å²) in [5.74, 6) is 0.813. The standard InChI is InChI=1S/C18H17BrN4S/c1-11-10-21-17-16(20-2)22-14-9-15(24-18(14)23(11)17)13-5-3-4-12(8-13)6-7-19/h3-5,8-10H,6-7H2,1-2H3,(H,20,22). The van der Waals surface area contributed by atoms with Crippen LogP contribution < -0.4 is 5.32 Å². The average Bonchev–Trinajstić information content (AvgIpc) is 3.18. The Kier molecular flexibility index (Phi) is 4.02. The summed E-state index contributed by atoms with van der Waals surface area (Å²) < 4.78 is 2.19. The molecule has 0 saturated heterocycles. The third kappa shape index (κ3) is 2.50. The van der Waals surface area contributed by atoms with Crippen LogP contribution in [0.1, 0.15) is 11.3 Å². The zero-order valence-electron chi connectivity index (χ0n) is 13.5. The Labute approximate surface area is 152 Å². The first kappa shape index (κ1) is 15.6. The van der Waals surface area contributed by atoms with E-state index in [1.807, 2.05) is 13.2 Å². The monoisotopic (exact) mass is 400 g/mol. The highest BCUT2D eigenvalue weighted by Crippen LogP contribution is 2.35. The molecule has 3 aromatic heterocycles. The molecular formula is C18H17BrN4S. The molecule has 0 amide bonds. The van der Waals surface area contributed by atoms with Gasteiger partial charge in [0.05, 0.1) is 0 Å². The first-order valence-corrected chi connectivity index (χ1v) is 9.75. The lowest BCUT2D eigenvalue weighted by Gasteiger charge is -2.04. The van der Waals surface area contributed by atoms with E-state index in [-0.39, 0.29) is 0 Å². The van der Waals surface area contributed by atoms with Gasteiger partial charge in [-0.25, -0.2) is 9.97 Å². The Morgan fingerprint density at radius 2 is 2.17 bits per heavy atom. The van der Waals surface area contributed by atoms with Crippen LogP contribution in [0.4, 0.5) is 5.82 Å². The van der Waals surface area contributed by atoms with Crippen LogP contribution in [-0.2, 0) is 6.42 Å². The van der Waals surface area contributed by atoms with Gasteiger partial charge in [-0.3, -0.25) is 4.40 Å². The number of imidazole rings is 1. The van der Waals surface area contributed by atoms with Crippen LogP contribution in [0.15, 0.2) is 36.5 Å². The van der Waals surface area contributed by atoms with Gasteiger partial charge in [-0.15, -0.1) is 11.3 Å². The molecule has 0 fully saturated rings. The number of fused-ring (bicyclic) bond motifs is 3. The van der Waals surface area contributed by atoms with E-state index in [1.165, 1.54) is 16.0 Å². The molecule has 4 nitrogen and oxygen atoms in total. The zero-order chi connectivity index (χ0) is 16.7. The van der Waals surface area contributed by atoms with Gasteiger partial charge in [0.1, 0.15) is 10.3 Å². The van der Waals surface area contributed by atoms with E-state index < -0.39 is 0 Å². The number of hydrogen-bond acceptors (Lipinski definition) is 4. The minimum absolute atomic E-state index is 0.813. The van der Waals surface area contributed by atoms with Crippen molar-refractivity contribution in [1.29, 1.82) is 0 Å². The fourth-order valence-corrected chi connectivity index (χ4v) is 4.55. The van der Waals surface area contributed by atoms with Crippen LogP contribution in [0.2, 0.25) is 0 Å². The lowest BCUT2D eigenvalue weighted by molar-refractivity contribution is 1.15. The van der Waals surface area contributed by atoms with Crippen LogP contribution in [0.5, 0.6) is 0 Å². The summed E-state index contributed by atoms with van der Waals surface area (Å²) in [6.45, 7) is 2.08. The van der Waals surface area contributed by atoms with Crippen molar-refractivity contribution in [2.75, 3.05) is 17.7 Å². The van der Waals surface area contributed by atoms with Gasteiger partial charge in [-0.2, -0.15) is 0 Å². The first-order chi connectivity index (χ1) is 11.7. The molecule has 122 valence electrons. The first-order valence-electron chi connectivity index (χ1n) is 7.82. The number of rotatable bonds is 4. The van der Waals surface area contributed by atoms with Gasteiger partial charge in [-0.1, -0.05) is 40.2 Å². The van der Waals surface area contributed by atoms with Crippen molar-refractivity contribution >= 4 is 49.1 Å². The molecule has 24 heavy (non-hydrogen) atoms. The summed E-state index contributed by atoms with van der Waals surface area (Å²) in [6, 6.07) is 10.9. The number of aromatic nitrogens is 3. The van der Waals surface area contributed by atoms with Crippen LogP contribution >= 0.6 is 27.3 Å². The highest BCUT2D eigenvalue weighted by Gasteiger charge is 2.14. The molecule has 1 aromatic carbocycles. The Morgan fingerprint density at radius 3 is 2.96 bits per heavy atom. The van der Waals surface area contributed by atoms with E-state index in [9.17, 15) is 0 Å². The second-order valence-electron chi connectivity index (χ2n) is 5.71. The Morgan fingerprint density at radius 1 is 1.29 bits per heavy atom. The summed E-state index contributed by atoms with van der Waals surface area (Å²) in [6.07, 6.45) is 2.93. The van der Waals surface area contributed by atoms with Gasteiger partial charge in [0.2, 0.25) is 0 Å². The number of nitrogens with one attached hydrogen (secondary N) is 1. The van der Waals surface area contributed by atoms with Gasteiger partial charge in [0.15, 0.2) is 11.5 Å². The molecular weight excluding hydrogens is 384 g/mol. The minimum Gasteiger partial charge on any atom is -0.370 e. The highest BCUT2D eigenvalue weighted by atomic mass is 79.9. The molecule has 0 bridgehead atoms. The van der Waals surface area contributed by atoms with E-state index in [1.54, 1.807) is 11.3 Å². The van der Waals surface area contributed by atoms with Crippen LogP contribution in [0.3, 0.4) is 0 Å². The van der Waals surface area contributed by atoms with Gasteiger partial charge in [0, 0.05) is 29.1 Å². The van der Waals surface area contributed by atoms with Gasteiger partial charge in [0.25, 0.3) is 0 Å². The summed E-state index contributed by atoms with van der Waals surface area (Å²) in [4.78, 5) is 11.6. The largest absolute Gasteiger partial charge is 0.370 e.